The zero-order valence-corrected chi connectivity index (χ0v) is 19.2. The van der Waals surface area contributed by atoms with Crippen LogP contribution in [0.25, 0.3) is 0 Å². The van der Waals surface area contributed by atoms with Crippen LogP contribution in [0, 0.1) is 5.41 Å². The van der Waals surface area contributed by atoms with E-state index in [1.54, 1.807) is 24.3 Å². The predicted octanol–water partition coefficient (Wildman–Crippen LogP) is 7.16. The summed E-state index contributed by atoms with van der Waals surface area (Å²) >= 11 is 13.4. The normalized spacial score (nSPS) is 24.9. The largest absolute Gasteiger partial charge is 0.410 e. The molecule has 0 aromatic heterocycles. The van der Waals surface area contributed by atoms with E-state index in [1.807, 2.05) is 48.5 Å². The number of Topliss-reactive ketones (excluding diaryl/α,β-unsaturated/α-hetero) is 1. The monoisotopic (exact) mass is 480 g/mol. The minimum Gasteiger partial charge on any atom is -0.410 e. The van der Waals surface area contributed by atoms with Gasteiger partial charge in [0, 0.05) is 15.6 Å². The van der Waals surface area contributed by atoms with Gasteiger partial charge >= 0.3 is 0 Å². The lowest BCUT2D eigenvalue weighted by Crippen LogP contribution is -2.44. The lowest BCUT2D eigenvalue weighted by atomic mass is 9.62. The molecule has 0 unspecified atom stereocenters. The summed E-state index contributed by atoms with van der Waals surface area (Å²) in [6.07, 6.45) is 1.29. The van der Waals surface area contributed by atoms with Crippen LogP contribution in [0.4, 0.5) is 5.69 Å². The summed E-state index contributed by atoms with van der Waals surface area (Å²) in [5.41, 5.74) is 2.32. The third-order valence-corrected chi connectivity index (χ3v) is 7.82. The van der Waals surface area contributed by atoms with E-state index in [9.17, 15) is 10.0 Å². The first-order valence-corrected chi connectivity index (χ1v) is 11.7. The quantitative estimate of drug-likeness (QED) is 0.312. The van der Waals surface area contributed by atoms with Crippen molar-refractivity contribution < 1.29 is 10.0 Å². The van der Waals surface area contributed by atoms with E-state index in [0.717, 1.165) is 17.5 Å². The molecule has 3 aromatic rings. The minimum absolute atomic E-state index is 0.00170. The molecule has 0 saturated carbocycles. The number of oxime groups is 1. The van der Waals surface area contributed by atoms with Crippen LogP contribution in [-0.2, 0) is 6.42 Å². The molecule has 1 aliphatic carbocycles. The summed E-state index contributed by atoms with van der Waals surface area (Å²) in [7, 11) is 0. The maximum atomic E-state index is 14.1. The predicted molar refractivity (Wildman–Crippen MR) is 131 cm³/mol. The summed E-state index contributed by atoms with van der Waals surface area (Å²) in [5.74, 6) is -0.458. The average Bonchev–Trinajstić information content (AvgIpc) is 3.12. The Hall–Kier alpha value is -2.60. The van der Waals surface area contributed by atoms with Crippen molar-refractivity contribution in [3.8, 4) is 0 Å². The van der Waals surface area contributed by atoms with Crippen LogP contribution in [0.2, 0.25) is 10.0 Å². The Labute approximate surface area is 200 Å². The molecule has 1 N–H and O–H groups in total. The lowest BCUT2D eigenvalue weighted by Gasteiger charge is -2.37. The number of ketones is 1. The highest BCUT2D eigenvalue weighted by atomic mass is 35.5. The fourth-order valence-electron chi connectivity index (χ4n) is 4.62. The highest BCUT2D eigenvalue weighted by Gasteiger charge is 2.59. The fraction of sp³-hybridized carbons (Fsp3) is 0.160. The van der Waals surface area contributed by atoms with Crippen LogP contribution in [0.1, 0.15) is 33.8 Å². The molecule has 5 rings (SSSR count). The molecule has 32 heavy (non-hydrogen) atoms. The number of nitrogens with zero attached hydrogens (tertiary/aromatic N) is 2. The van der Waals surface area contributed by atoms with Crippen molar-refractivity contribution in [3.05, 3.63) is 99.5 Å². The van der Waals surface area contributed by atoms with Gasteiger partial charge in [0.25, 0.3) is 0 Å². The number of thioether (sulfide) groups is 1. The number of carbonyl (C=O) groups excluding carboxylic acids is 1. The highest BCUT2D eigenvalue weighted by molar-refractivity contribution is 8.27. The van der Waals surface area contributed by atoms with Crippen molar-refractivity contribution in [2.75, 3.05) is 0 Å². The van der Waals surface area contributed by atoms with Crippen LogP contribution in [0.5, 0.6) is 0 Å². The molecule has 0 amide bonds. The van der Waals surface area contributed by atoms with Gasteiger partial charge in [0.15, 0.2) is 5.78 Å². The van der Waals surface area contributed by atoms with Gasteiger partial charge < -0.3 is 5.21 Å². The van der Waals surface area contributed by atoms with Crippen molar-refractivity contribution in [1.29, 1.82) is 0 Å². The average molecular weight is 481 g/mol. The van der Waals surface area contributed by atoms with Crippen LogP contribution < -0.4 is 0 Å². The van der Waals surface area contributed by atoms with E-state index in [-0.39, 0.29) is 5.78 Å². The van der Waals surface area contributed by atoms with Crippen molar-refractivity contribution in [2.24, 2.45) is 15.6 Å². The van der Waals surface area contributed by atoms with Gasteiger partial charge in [-0.15, -0.1) is 0 Å². The van der Waals surface area contributed by atoms with Crippen LogP contribution in [0.15, 0.2) is 82.9 Å². The first-order chi connectivity index (χ1) is 15.5. The van der Waals surface area contributed by atoms with Gasteiger partial charge in [-0.25, -0.2) is 4.99 Å². The summed E-state index contributed by atoms with van der Waals surface area (Å²) in [6, 6.07) is 22.2. The maximum absolute atomic E-state index is 14.1. The van der Waals surface area contributed by atoms with Gasteiger partial charge in [-0.3, -0.25) is 4.79 Å². The van der Waals surface area contributed by atoms with Crippen LogP contribution in [0.3, 0.4) is 0 Å². The number of rotatable bonds is 2. The number of hydrogen-bond donors (Lipinski definition) is 1. The van der Waals surface area contributed by atoms with E-state index in [0.29, 0.717) is 37.8 Å². The Kier molecular flexibility index (Phi) is 5.58. The standard InChI is InChI=1S/C25H18Cl2N2O2S/c26-17-7-5-16(6-8-17)21-23(29-31)32-24(28-19-11-9-18(27)10-12-19)25(21)14-13-15-3-1-2-4-20(15)22(25)30/h1-12,21,31H,13-14H2/b28-24?,29-23-/t21-,25+/m0/s1. The number of fused-ring (bicyclic) bond motifs is 1. The Bertz CT molecular complexity index is 1260. The molecule has 4 nitrogen and oxygen atoms in total. The minimum atomic E-state index is -0.964. The third-order valence-electron chi connectivity index (χ3n) is 6.14. The molecule has 3 aromatic carbocycles. The molecule has 0 radical (unpaired) electrons. The summed E-state index contributed by atoms with van der Waals surface area (Å²) in [5, 5.41) is 15.8. The summed E-state index contributed by atoms with van der Waals surface area (Å²) in [6.45, 7) is 0. The fourth-order valence-corrected chi connectivity index (χ4v) is 6.22. The van der Waals surface area contributed by atoms with E-state index >= 15 is 0 Å². The van der Waals surface area contributed by atoms with E-state index in [1.165, 1.54) is 11.8 Å². The Morgan fingerprint density at radius 2 is 1.59 bits per heavy atom. The molecule has 2 atom stereocenters. The molecule has 1 spiro atoms. The maximum Gasteiger partial charge on any atom is 0.176 e. The molecule has 2 aliphatic rings. The highest BCUT2D eigenvalue weighted by Crippen LogP contribution is 2.57. The zero-order valence-electron chi connectivity index (χ0n) is 16.8. The molecule has 0 bridgehead atoms. The molecular weight excluding hydrogens is 463 g/mol. The zero-order chi connectivity index (χ0) is 22.3. The summed E-state index contributed by atoms with van der Waals surface area (Å²) < 4.78 is 0. The second-order valence-electron chi connectivity index (χ2n) is 7.88. The Morgan fingerprint density at radius 1 is 0.938 bits per heavy atom. The lowest BCUT2D eigenvalue weighted by molar-refractivity contribution is 0.0843. The first kappa shape index (κ1) is 21.3. The van der Waals surface area contributed by atoms with E-state index < -0.39 is 11.3 Å². The van der Waals surface area contributed by atoms with Crippen molar-refractivity contribution in [1.82, 2.24) is 0 Å². The molecule has 1 fully saturated rings. The van der Waals surface area contributed by atoms with Gasteiger partial charge in [0.05, 0.1) is 22.1 Å². The number of aryl methyl sites for hydroxylation is 1. The molecule has 1 saturated heterocycles. The SMILES string of the molecule is O=C1c2ccccc2CC[C@]12C(=Nc1ccc(Cl)cc1)S/C(=N\O)[C@@H]2c1ccc(Cl)cc1. The molecule has 7 heteroatoms. The first-order valence-electron chi connectivity index (χ1n) is 10.2. The van der Waals surface area contributed by atoms with E-state index in [2.05, 4.69) is 5.16 Å². The topological polar surface area (TPSA) is 62.0 Å². The van der Waals surface area contributed by atoms with Crippen molar-refractivity contribution >= 4 is 56.5 Å². The van der Waals surface area contributed by atoms with Crippen molar-refractivity contribution in [2.45, 2.75) is 18.8 Å². The number of hydrogen-bond acceptors (Lipinski definition) is 5. The number of carbonyl (C=O) groups is 1. The van der Waals surface area contributed by atoms with E-state index in [4.69, 9.17) is 28.2 Å². The van der Waals surface area contributed by atoms with Crippen LogP contribution in [-0.4, -0.2) is 21.1 Å². The van der Waals surface area contributed by atoms with Gasteiger partial charge in [-0.2, -0.15) is 0 Å². The van der Waals surface area contributed by atoms with Gasteiger partial charge in [0.2, 0.25) is 0 Å². The van der Waals surface area contributed by atoms with Gasteiger partial charge in [-0.05, 0) is 60.4 Å². The second kappa shape index (κ2) is 8.39. The number of aliphatic imine (C=N–C) groups is 1. The summed E-state index contributed by atoms with van der Waals surface area (Å²) in [4.78, 5) is 19.0. The van der Waals surface area contributed by atoms with Gasteiger partial charge in [0.1, 0.15) is 5.04 Å². The smallest absolute Gasteiger partial charge is 0.176 e. The third kappa shape index (κ3) is 3.45. The Balaban J connectivity index is 1.73. The van der Waals surface area contributed by atoms with Gasteiger partial charge in [-0.1, -0.05) is 76.5 Å². The van der Waals surface area contributed by atoms with Crippen LogP contribution >= 0.6 is 35.0 Å². The second-order valence-corrected chi connectivity index (χ2v) is 9.76. The number of benzene rings is 3. The number of halogens is 2. The molecule has 1 aliphatic heterocycles. The van der Waals surface area contributed by atoms with Crippen molar-refractivity contribution in [3.63, 3.8) is 0 Å². The molecular formula is C25H18Cl2N2O2S. The molecule has 160 valence electrons. The Morgan fingerprint density at radius 3 is 2.28 bits per heavy atom. The molecule has 1 heterocycles.